The molecule has 0 spiro atoms. The lowest BCUT2D eigenvalue weighted by Crippen LogP contribution is -1.89. The third-order valence-electron chi connectivity index (χ3n) is 2.19. The number of carbonyl (C=O) groups is 1. The molecule has 0 saturated carbocycles. The molecule has 0 saturated heterocycles. The molecular weight excluding hydrogens is 238 g/mol. The van der Waals surface area contributed by atoms with Crippen molar-refractivity contribution in [1.29, 1.82) is 0 Å². The number of nitrogens with zero attached hydrogens (tertiary/aromatic N) is 1. The zero-order chi connectivity index (χ0) is 12.3. The fraction of sp³-hybridized carbons (Fsp3) is 0.0769. The summed E-state index contributed by atoms with van der Waals surface area (Å²) in [7, 11) is 0. The van der Waals surface area contributed by atoms with Gasteiger partial charge >= 0.3 is 0 Å². The second-order valence-corrected chi connectivity index (χ2v) is 4.01. The van der Waals surface area contributed by atoms with Crippen molar-refractivity contribution in [2.75, 3.05) is 0 Å². The minimum Gasteiger partial charge on any atom is -0.454 e. The van der Waals surface area contributed by atoms with Gasteiger partial charge < -0.3 is 4.74 Å². The van der Waals surface area contributed by atoms with Gasteiger partial charge in [-0.2, -0.15) is 0 Å². The lowest BCUT2D eigenvalue weighted by atomic mass is 10.2. The van der Waals surface area contributed by atoms with E-state index in [0.29, 0.717) is 22.1 Å². The van der Waals surface area contributed by atoms with Gasteiger partial charge in [-0.05, 0) is 30.7 Å². The van der Waals surface area contributed by atoms with Crippen LogP contribution in [-0.2, 0) is 0 Å². The van der Waals surface area contributed by atoms with Crippen molar-refractivity contribution >= 4 is 17.9 Å². The maximum Gasteiger partial charge on any atom is 0.151 e. The third-order valence-corrected chi connectivity index (χ3v) is 2.48. The van der Waals surface area contributed by atoms with E-state index < -0.39 is 0 Å². The van der Waals surface area contributed by atoms with Crippen molar-refractivity contribution in [3.8, 4) is 11.5 Å². The van der Waals surface area contributed by atoms with Crippen LogP contribution < -0.4 is 4.74 Å². The van der Waals surface area contributed by atoms with E-state index in [1.54, 1.807) is 12.1 Å². The molecule has 0 amide bonds. The zero-order valence-corrected chi connectivity index (χ0v) is 9.94. The molecule has 0 N–H and O–H groups in total. The number of hydrogen-bond acceptors (Lipinski definition) is 3. The Kier molecular flexibility index (Phi) is 3.40. The monoisotopic (exact) mass is 247 g/mol. The van der Waals surface area contributed by atoms with Gasteiger partial charge in [0.1, 0.15) is 11.5 Å². The predicted molar refractivity (Wildman–Crippen MR) is 65.9 cm³/mol. The van der Waals surface area contributed by atoms with Crippen molar-refractivity contribution in [3.63, 3.8) is 0 Å². The fourth-order valence-corrected chi connectivity index (χ4v) is 1.65. The third kappa shape index (κ3) is 2.82. The van der Waals surface area contributed by atoms with Gasteiger partial charge in [0.25, 0.3) is 0 Å². The molecule has 0 fully saturated rings. The average Bonchev–Trinajstić information content (AvgIpc) is 2.33. The van der Waals surface area contributed by atoms with Gasteiger partial charge in [0, 0.05) is 11.8 Å². The van der Waals surface area contributed by atoms with Gasteiger partial charge in [-0.1, -0.05) is 17.7 Å². The van der Waals surface area contributed by atoms with Crippen LogP contribution in [0.4, 0.5) is 0 Å². The van der Waals surface area contributed by atoms with E-state index in [0.717, 1.165) is 11.8 Å². The van der Waals surface area contributed by atoms with Crippen molar-refractivity contribution in [3.05, 3.63) is 52.8 Å². The molecule has 0 aliphatic carbocycles. The largest absolute Gasteiger partial charge is 0.454 e. The van der Waals surface area contributed by atoms with Crippen LogP contribution in [0.1, 0.15) is 15.9 Å². The Labute approximate surface area is 104 Å². The van der Waals surface area contributed by atoms with Gasteiger partial charge in [-0.3, -0.25) is 9.78 Å². The van der Waals surface area contributed by atoms with Crippen LogP contribution in [-0.4, -0.2) is 11.3 Å². The summed E-state index contributed by atoms with van der Waals surface area (Å²) in [6.45, 7) is 1.95. The topological polar surface area (TPSA) is 39.2 Å². The van der Waals surface area contributed by atoms with Crippen LogP contribution in [0.3, 0.4) is 0 Å². The van der Waals surface area contributed by atoms with E-state index in [1.165, 1.54) is 12.4 Å². The molecule has 0 bridgehead atoms. The van der Waals surface area contributed by atoms with E-state index in [-0.39, 0.29) is 0 Å². The summed E-state index contributed by atoms with van der Waals surface area (Å²) in [6, 6.07) is 7.10. The molecule has 2 rings (SSSR count). The van der Waals surface area contributed by atoms with Crippen molar-refractivity contribution < 1.29 is 9.53 Å². The molecule has 4 heteroatoms. The molecule has 2 aromatic rings. The summed E-state index contributed by atoms with van der Waals surface area (Å²) in [4.78, 5) is 14.5. The highest BCUT2D eigenvalue weighted by molar-refractivity contribution is 6.32. The van der Waals surface area contributed by atoms with Crippen LogP contribution in [0.25, 0.3) is 0 Å². The van der Waals surface area contributed by atoms with Crippen molar-refractivity contribution in [2.45, 2.75) is 6.92 Å². The Bertz CT molecular complexity index is 555. The molecule has 0 atom stereocenters. The Morgan fingerprint density at radius 1 is 1.29 bits per heavy atom. The van der Waals surface area contributed by atoms with Crippen molar-refractivity contribution in [1.82, 2.24) is 4.98 Å². The minimum atomic E-state index is 0.464. The van der Waals surface area contributed by atoms with Gasteiger partial charge in [0.2, 0.25) is 0 Å². The first-order valence-electron chi connectivity index (χ1n) is 5.03. The maximum atomic E-state index is 10.6. The van der Waals surface area contributed by atoms with E-state index in [2.05, 4.69) is 4.98 Å². The molecule has 0 aliphatic rings. The Morgan fingerprint density at radius 2 is 2.12 bits per heavy atom. The van der Waals surface area contributed by atoms with E-state index in [1.807, 2.05) is 19.1 Å². The Balaban J connectivity index is 2.27. The lowest BCUT2D eigenvalue weighted by Gasteiger charge is -2.07. The van der Waals surface area contributed by atoms with Crippen LogP contribution >= 0.6 is 11.6 Å². The quantitative estimate of drug-likeness (QED) is 0.777. The fourth-order valence-electron chi connectivity index (χ4n) is 1.37. The second kappa shape index (κ2) is 4.97. The lowest BCUT2D eigenvalue weighted by molar-refractivity contribution is 0.112. The predicted octanol–water partition coefficient (Wildman–Crippen LogP) is 3.65. The van der Waals surface area contributed by atoms with Crippen LogP contribution in [0.5, 0.6) is 11.5 Å². The van der Waals surface area contributed by atoms with Gasteiger partial charge in [-0.25, -0.2) is 0 Å². The van der Waals surface area contributed by atoms with Gasteiger partial charge in [0.15, 0.2) is 6.29 Å². The molecule has 86 valence electrons. The average molecular weight is 248 g/mol. The van der Waals surface area contributed by atoms with Crippen LogP contribution in [0.15, 0.2) is 36.7 Å². The highest BCUT2D eigenvalue weighted by atomic mass is 35.5. The molecule has 1 heterocycles. The van der Waals surface area contributed by atoms with E-state index in [9.17, 15) is 4.79 Å². The summed E-state index contributed by atoms with van der Waals surface area (Å²) in [5, 5.41) is 0.529. The highest BCUT2D eigenvalue weighted by Crippen LogP contribution is 2.29. The van der Waals surface area contributed by atoms with Crippen LogP contribution in [0, 0.1) is 6.92 Å². The molecule has 17 heavy (non-hydrogen) atoms. The van der Waals surface area contributed by atoms with Crippen molar-refractivity contribution in [2.24, 2.45) is 0 Å². The first-order chi connectivity index (χ1) is 8.19. The summed E-state index contributed by atoms with van der Waals surface area (Å²) in [5.74, 6) is 1.03. The standard InChI is InChI=1S/C13H10ClNO2/c1-9-2-3-13(12(14)4-9)17-11-5-10(8-16)6-15-7-11/h2-8H,1H3. The number of halogens is 1. The minimum absolute atomic E-state index is 0.464. The highest BCUT2D eigenvalue weighted by Gasteiger charge is 2.04. The number of pyridine rings is 1. The molecule has 0 radical (unpaired) electrons. The molecule has 1 aromatic carbocycles. The summed E-state index contributed by atoms with van der Waals surface area (Å²) in [6.07, 6.45) is 3.72. The van der Waals surface area contributed by atoms with E-state index in [4.69, 9.17) is 16.3 Å². The summed E-state index contributed by atoms with van der Waals surface area (Å²) < 4.78 is 5.55. The van der Waals surface area contributed by atoms with Gasteiger partial charge in [0.05, 0.1) is 11.2 Å². The number of carbonyl (C=O) groups excluding carboxylic acids is 1. The number of aldehydes is 1. The van der Waals surface area contributed by atoms with Gasteiger partial charge in [-0.15, -0.1) is 0 Å². The first kappa shape index (κ1) is 11.6. The number of rotatable bonds is 3. The van der Waals surface area contributed by atoms with E-state index >= 15 is 0 Å². The SMILES string of the molecule is Cc1ccc(Oc2cncc(C=O)c2)c(Cl)c1. The number of ether oxygens (including phenoxy) is 1. The summed E-state index contributed by atoms with van der Waals surface area (Å²) in [5.41, 5.74) is 1.52. The second-order valence-electron chi connectivity index (χ2n) is 3.61. The molecule has 3 nitrogen and oxygen atoms in total. The number of hydrogen-bond donors (Lipinski definition) is 0. The Morgan fingerprint density at radius 3 is 2.82 bits per heavy atom. The summed E-state index contributed by atoms with van der Waals surface area (Å²) >= 11 is 6.04. The number of benzene rings is 1. The molecule has 1 aromatic heterocycles. The molecule has 0 aliphatic heterocycles. The normalized spacial score (nSPS) is 10.0. The Hall–Kier alpha value is -1.87. The molecule has 0 unspecified atom stereocenters. The zero-order valence-electron chi connectivity index (χ0n) is 9.18. The molecular formula is C13H10ClNO2. The maximum absolute atomic E-state index is 10.6. The smallest absolute Gasteiger partial charge is 0.151 e. The number of aryl methyl sites for hydroxylation is 1. The van der Waals surface area contributed by atoms with Crippen LogP contribution in [0.2, 0.25) is 5.02 Å². The number of aromatic nitrogens is 1. The first-order valence-corrected chi connectivity index (χ1v) is 5.41.